The number of halogens is 1. The summed E-state index contributed by atoms with van der Waals surface area (Å²) in [7, 11) is 1.67. The molecule has 5 rings (SSSR count). The summed E-state index contributed by atoms with van der Waals surface area (Å²) in [6, 6.07) is 8.62. The van der Waals surface area contributed by atoms with E-state index in [9.17, 15) is 9.18 Å². The molecule has 1 amide bonds. The van der Waals surface area contributed by atoms with Gasteiger partial charge in [-0.25, -0.2) is 14.4 Å². The van der Waals surface area contributed by atoms with Gasteiger partial charge in [0.15, 0.2) is 10.8 Å². The van der Waals surface area contributed by atoms with Crippen LogP contribution in [0.4, 0.5) is 16.2 Å². The van der Waals surface area contributed by atoms with Crippen molar-refractivity contribution in [3.05, 3.63) is 88.0 Å². The smallest absolute Gasteiger partial charge is 0.270 e. The largest absolute Gasteiger partial charge is 0.347 e. The van der Waals surface area contributed by atoms with Gasteiger partial charge >= 0.3 is 0 Å². The van der Waals surface area contributed by atoms with Crippen molar-refractivity contribution in [1.29, 1.82) is 0 Å². The van der Waals surface area contributed by atoms with Crippen LogP contribution in [0.25, 0.3) is 22.6 Å². The molecule has 0 aromatic carbocycles. The molecule has 0 saturated carbocycles. The normalized spacial score (nSPS) is 11.1. The molecule has 0 radical (unpaired) electrons. The van der Waals surface area contributed by atoms with E-state index in [-0.39, 0.29) is 12.5 Å². The molecule has 206 valence electrons. The van der Waals surface area contributed by atoms with Crippen LogP contribution >= 0.6 is 11.5 Å². The Balaban J connectivity index is 1.26. The fourth-order valence-corrected chi connectivity index (χ4v) is 4.53. The predicted octanol–water partition coefficient (Wildman–Crippen LogP) is 4.63. The number of carbonyl (C=O) groups excluding carboxylic acids is 1. The van der Waals surface area contributed by atoms with Crippen LogP contribution in [-0.4, -0.2) is 53.4 Å². The molecule has 0 aliphatic rings. The third-order valence-corrected chi connectivity index (χ3v) is 6.58. The van der Waals surface area contributed by atoms with Gasteiger partial charge in [-0.2, -0.15) is 9.36 Å². The van der Waals surface area contributed by atoms with Gasteiger partial charge in [-0.3, -0.25) is 24.7 Å². The molecular weight excluding hydrogens is 543 g/mol. The molecule has 5 aromatic heterocycles. The Bertz CT molecular complexity index is 1750. The number of aromatic nitrogens is 7. The summed E-state index contributed by atoms with van der Waals surface area (Å²) in [5.41, 5.74) is 5.07. The van der Waals surface area contributed by atoms with Gasteiger partial charge in [-0.15, -0.1) is 0 Å². The van der Waals surface area contributed by atoms with E-state index in [1.165, 1.54) is 23.8 Å². The molecule has 13 heteroatoms. The van der Waals surface area contributed by atoms with Crippen LogP contribution in [0.1, 0.15) is 38.0 Å². The molecule has 0 fully saturated rings. The number of rotatable bonds is 8. The van der Waals surface area contributed by atoms with Gasteiger partial charge in [0.25, 0.3) is 5.91 Å². The van der Waals surface area contributed by atoms with Crippen LogP contribution < -0.4 is 10.6 Å². The van der Waals surface area contributed by atoms with Gasteiger partial charge in [0, 0.05) is 54.6 Å². The lowest BCUT2D eigenvalue weighted by Gasteiger charge is -2.10. The molecule has 0 saturated heterocycles. The maximum Gasteiger partial charge on any atom is 0.270 e. The molecule has 0 aliphatic carbocycles. The number of nitrogens with one attached hydrogen (secondary N) is 2. The van der Waals surface area contributed by atoms with E-state index in [0.717, 1.165) is 11.3 Å². The van der Waals surface area contributed by atoms with E-state index >= 15 is 0 Å². The molecule has 0 aliphatic heterocycles. The molecule has 0 atom stereocenters. The van der Waals surface area contributed by atoms with Crippen LogP contribution in [0, 0.1) is 26.6 Å². The van der Waals surface area contributed by atoms with E-state index in [1.54, 1.807) is 44.7 Å². The average Bonchev–Trinajstić information content (AvgIpc) is 3.39. The van der Waals surface area contributed by atoms with E-state index in [4.69, 9.17) is 0 Å². The Morgan fingerprint density at radius 3 is 2.63 bits per heavy atom. The van der Waals surface area contributed by atoms with Crippen LogP contribution in [0.2, 0.25) is 0 Å². The first-order valence-corrected chi connectivity index (χ1v) is 13.3. The van der Waals surface area contributed by atoms with Gasteiger partial charge in [0.2, 0.25) is 5.95 Å². The van der Waals surface area contributed by atoms with E-state index in [0.29, 0.717) is 56.4 Å². The molecule has 0 unspecified atom stereocenters. The molecule has 0 spiro atoms. The first kappa shape index (κ1) is 27.5. The first-order valence-electron chi connectivity index (χ1n) is 12.5. The molecule has 0 bridgehead atoms. The number of hydrogen-bond donors (Lipinski definition) is 2. The zero-order chi connectivity index (χ0) is 28.9. The molecule has 41 heavy (non-hydrogen) atoms. The number of aliphatic imine (C=N–C) groups is 1. The third kappa shape index (κ3) is 6.58. The van der Waals surface area contributed by atoms with Crippen LogP contribution in [0.15, 0.2) is 53.9 Å². The summed E-state index contributed by atoms with van der Waals surface area (Å²) in [6.45, 7) is 5.72. The summed E-state index contributed by atoms with van der Waals surface area (Å²) in [5, 5.41) is 6.65. The third-order valence-electron chi connectivity index (χ3n) is 5.93. The SMILES string of the molecule is C/N=C\c1nc(Nc2cc(C)nc(-c3cnc(C(=O)NCc4ccc(-c5cc(F)cnc5C)nc4)c(C)c3)n2)ns1. The van der Waals surface area contributed by atoms with Gasteiger partial charge in [0.05, 0.1) is 18.1 Å². The summed E-state index contributed by atoms with van der Waals surface area (Å²) in [5.74, 6) is 0.662. The monoisotopic (exact) mass is 568 g/mol. The minimum atomic E-state index is -0.423. The quantitative estimate of drug-likeness (QED) is 0.256. The van der Waals surface area contributed by atoms with E-state index < -0.39 is 5.82 Å². The molecule has 2 N–H and O–H groups in total. The highest BCUT2D eigenvalue weighted by Gasteiger charge is 2.15. The summed E-state index contributed by atoms with van der Waals surface area (Å²) < 4.78 is 17.9. The van der Waals surface area contributed by atoms with Crippen molar-refractivity contribution in [2.24, 2.45) is 4.99 Å². The fraction of sp³-hybridized carbons (Fsp3) is 0.179. The molecule has 5 heterocycles. The van der Waals surface area contributed by atoms with Crippen molar-refractivity contribution in [1.82, 2.24) is 39.6 Å². The van der Waals surface area contributed by atoms with Crippen LogP contribution in [0.3, 0.4) is 0 Å². The lowest BCUT2D eigenvalue weighted by Crippen LogP contribution is -2.24. The second-order valence-electron chi connectivity index (χ2n) is 9.10. The Morgan fingerprint density at radius 1 is 1.02 bits per heavy atom. The fourth-order valence-electron chi connectivity index (χ4n) is 3.98. The second kappa shape index (κ2) is 12.0. The topological polar surface area (TPSA) is 144 Å². The van der Waals surface area contributed by atoms with Crippen molar-refractivity contribution in [2.75, 3.05) is 12.4 Å². The number of anilines is 2. The predicted molar refractivity (Wildman–Crippen MR) is 155 cm³/mol. The number of carbonyl (C=O) groups is 1. The minimum Gasteiger partial charge on any atom is -0.347 e. The van der Waals surface area contributed by atoms with Crippen molar-refractivity contribution in [3.8, 4) is 22.6 Å². The van der Waals surface area contributed by atoms with Crippen molar-refractivity contribution in [2.45, 2.75) is 27.3 Å². The summed E-state index contributed by atoms with van der Waals surface area (Å²) in [4.78, 5) is 43.2. The number of amides is 1. The summed E-state index contributed by atoms with van der Waals surface area (Å²) in [6.07, 6.45) is 6.02. The second-order valence-corrected chi connectivity index (χ2v) is 9.88. The highest BCUT2D eigenvalue weighted by molar-refractivity contribution is 7.07. The minimum absolute atomic E-state index is 0.252. The van der Waals surface area contributed by atoms with Gasteiger partial charge in [-0.05, 0) is 61.6 Å². The van der Waals surface area contributed by atoms with Gasteiger partial charge in [0.1, 0.15) is 17.3 Å². The highest BCUT2D eigenvalue weighted by atomic mass is 32.1. The molecular formula is C28H25FN10OS. The zero-order valence-electron chi connectivity index (χ0n) is 22.7. The maximum atomic E-state index is 13.6. The van der Waals surface area contributed by atoms with Crippen molar-refractivity contribution >= 4 is 35.4 Å². The Kier molecular flexibility index (Phi) is 8.06. The zero-order valence-corrected chi connectivity index (χ0v) is 23.5. The molecule has 11 nitrogen and oxygen atoms in total. The van der Waals surface area contributed by atoms with Crippen molar-refractivity contribution < 1.29 is 9.18 Å². The van der Waals surface area contributed by atoms with Crippen LogP contribution in [0.5, 0.6) is 0 Å². The number of pyridine rings is 3. The highest BCUT2D eigenvalue weighted by Crippen LogP contribution is 2.23. The number of aryl methyl sites for hydroxylation is 3. The number of hydrogen-bond acceptors (Lipinski definition) is 11. The van der Waals surface area contributed by atoms with Crippen molar-refractivity contribution in [3.63, 3.8) is 0 Å². The Morgan fingerprint density at radius 2 is 1.88 bits per heavy atom. The Hall–Kier alpha value is -5.04. The van der Waals surface area contributed by atoms with Gasteiger partial charge < -0.3 is 10.6 Å². The lowest BCUT2D eigenvalue weighted by atomic mass is 10.1. The average molecular weight is 569 g/mol. The van der Waals surface area contributed by atoms with Crippen LogP contribution in [-0.2, 0) is 6.54 Å². The Labute approximate surface area is 239 Å². The van der Waals surface area contributed by atoms with E-state index in [1.807, 2.05) is 26.0 Å². The summed E-state index contributed by atoms with van der Waals surface area (Å²) >= 11 is 1.22. The molecule has 5 aromatic rings. The number of nitrogens with zero attached hydrogens (tertiary/aromatic N) is 8. The lowest BCUT2D eigenvalue weighted by molar-refractivity contribution is 0.0945. The first-order chi connectivity index (χ1) is 19.8. The maximum absolute atomic E-state index is 13.6. The van der Waals surface area contributed by atoms with E-state index in [2.05, 4.69) is 49.9 Å². The standard InChI is InChI=1S/C28H25FN10OS/c1-15-7-19(26-35-16(2)8-23(36-26)37-28-38-24(14-30-4)41-39-28)12-33-25(15)27(40)34-11-18-5-6-22(32-10-18)21-9-20(29)13-31-17(21)3/h5-10,12-14H,11H2,1-4H3,(H,34,40)(H,35,36,37,39)/b30-14-. The van der Waals surface area contributed by atoms with Gasteiger partial charge in [-0.1, -0.05) is 6.07 Å².